The fourth-order valence-corrected chi connectivity index (χ4v) is 3.82. The van der Waals surface area contributed by atoms with E-state index in [2.05, 4.69) is 20.9 Å². The second kappa shape index (κ2) is 12.1. The van der Waals surface area contributed by atoms with Crippen molar-refractivity contribution in [2.75, 3.05) is 21.7 Å². The quantitative estimate of drug-likeness (QED) is 0.163. The number of fused-ring (bicyclic) bond motifs is 1. The number of benzene rings is 3. The van der Waals surface area contributed by atoms with Crippen LogP contribution in [-0.4, -0.2) is 5.91 Å². The number of aromatic amines is 1. The van der Waals surface area contributed by atoms with E-state index >= 15 is 0 Å². The van der Waals surface area contributed by atoms with Crippen LogP contribution in [0.3, 0.4) is 0 Å². The van der Waals surface area contributed by atoms with Crippen molar-refractivity contribution >= 4 is 50.9 Å². The average Bonchev–Trinajstić information content (AvgIpc) is 2.86. The number of H-pyrrole nitrogens is 1. The van der Waals surface area contributed by atoms with Gasteiger partial charge in [0, 0.05) is 52.6 Å². The molecule has 5 rings (SSSR count). The van der Waals surface area contributed by atoms with Gasteiger partial charge in [-0.25, -0.2) is 9.55 Å². The Kier molecular flexibility index (Phi) is 8.90. The minimum atomic E-state index is -0.171. The number of nitrogens with zero attached hydrogens (tertiary/aromatic N) is 1. The first kappa shape index (κ1) is 27.3. The van der Waals surface area contributed by atoms with E-state index in [4.69, 9.17) is 5.73 Å². The summed E-state index contributed by atoms with van der Waals surface area (Å²) in [4.78, 5) is 16.0. The summed E-state index contributed by atoms with van der Waals surface area (Å²) in [6.45, 7) is 0. The summed E-state index contributed by atoms with van der Waals surface area (Å²) < 4.78 is 1.97. The average molecular weight is 533 g/mol. The van der Waals surface area contributed by atoms with Crippen molar-refractivity contribution in [3.63, 3.8) is 0 Å². The molecule has 0 unspecified atom stereocenters. The van der Waals surface area contributed by atoms with Crippen molar-refractivity contribution < 1.29 is 39.2 Å². The van der Waals surface area contributed by atoms with Gasteiger partial charge in [0.2, 0.25) is 5.52 Å². The van der Waals surface area contributed by atoms with E-state index < -0.39 is 0 Å². The van der Waals surface area contributed by atoms with Crippen molar-refractivity contribution in [3.05, 3.63) is 109 Å². The number of amides is 1. The van der Waals surface area contributed by atoms with Gasteiger partial charge in [-0.15, -0.1) is 0 Å². The summed E-state index contributed by atoms with van der Waals surface area (Å²) in [5.41, 5.74) is 12.5. The van der Waals surface area contributed by atoms with Gasteiger partial charge in [-0.1, -0.05) is 6.07 Å². The highest BCUT2D eigenvalue weighted by Gasteiger charge is 2.10. The van der Waals surface area contributed by atoms with E-state index in [1.807, 2.05) is 103 Å². The molecular weight excluding hydrogens is 507 g/mol. The SMILES string of the molecule is C[n+]1ccc(Nc2cccc(NC(=O)c3ccc(Nc4cc[nH+]c5cc(N)ccc45)cc3)c2)cc1.[Cl-].[Cl-]. The van der Waals surface area contributed by atoms with Crippen LogP contribution in [0.25, 0.3) is 10.9 Å². The number of hydrogen-bond donors (Lipinski definition) is 4. The fourth-order valence-electron chi connectivity index (χ4n) is 3.82. The number of pyridine rings is 2. The zero-order valence-electron chi connectivity index (χ0n) is 20.0. The maximum absolute atomic E-state index is 12.8. The first-order valence-corrected chi connectivity index (χ1v) is 11.2. The van der Waals surface area contributed by atoms with E-state index in [0.717, 1.165) is 39.3 Å². The Labute approximate surface area is 227 Å². The second-order valence-electron chi connectivity index (χ2n) is 8.31. The van der Waals surface area contributed by atoms with Gasteiger partial charge in [0.05, 0.1) is 16.8 Å². The maximum Gasteiger partial charge on any atom is 0.255 e. The number of rotatable bonds is 6. The van der Waals surface area contributed by atoms with Crippen LogP contribution in [0.4, 0.5) is 34.1 Å². The monoisotopic (exact) mass is 532 g/mol. The molecule has 0 radical (unpaired) electrons. The maximum atomic E-state index is 12.8. The molecule has 0 bridgehead atoms. The topological polar surface area (TPSA) is 97.2 Å². The number of halogens is 2. The Morgan fingerprint density at radius 1 is 0.784 bits per heavy atom. The summed E-state index contributed by atoms with van der Waals surface area (Å²) >= 11 is 0. The minimum Gasteiger partial charge on any atom is -1.00 e. The number of aromatic nitrogens is 2. The first-order chi connectivity index (χ1) is 17.0. The van der Waals surface area contributed by atoms with E-state index in [0.29, 0.717) is 11.3 Å². The summed E-state index contributed by atoms with van der Waals surface area (Å²) in [7, 11) is 1.97. The Hall–Kier alpha value is -4.33. The third kappa shape index (κ3) is 6.67. The normalized spacial score (nSPS) is 10.1. The number of nitrogens with one attached hydrogen (secondary N) is 4. The summed E-state index contributed by atoms with van der Waals surface area (Å²) in [6, 6.07) is 26.7. The smallest absolute Gasteiger partial charge is 0.255 e. The zero-order valence-corrected chi connectivity index (χ0v) is 21.5. The zero-order chi connectivity index (χ0) is 24.2. The molecule has 0 spiro atoms. The van der Waals surface area contributed by atoms with E-state index in [-0.39, 0.29) is 30.7 Å². The van der Waals surface area contributed by atoms with Crippen LogP contribution >= 0.6 is 0 Å². The van der Waals surface area contributed by atoms with Crippen molar-refractivity contribution in [3.8, 4) is 0 Å². The molecule has 0 fully saturated rings. The van der Waals surface area contributed by atoms with Crippen molar-refractivity contribution in [1.29, 1.82) is 0 Å². The summed E-state index contributed by atoms with van der Waals surface area (Å²) in [6.07, 6.45) is 5.81. The Morgan fingerprint density at radius 3 is 2.24 bits per heavy atom. The largest absolute Gasteiger partial charge is 1.00 e. The number of nitrogen functional groups attached to an aromatic ring is 1. The molecule has 188 valence electrons. The standard InChI is InChI=1S/C28H24N6O.2ClH/c1-34-15-12-22(13-16-34)31-23-3-2-4-24(18-23)33-28(35)19-5-8-21(9-6-19)32-26-11-14-30-27-17-20(29)7-10-25(26)27;;/h2-18H,1H3,(H4,29,30,32,33,35);2*1H. The van der Waals surface area contributed by atoms with Gasteiger partial charge in [-0.2, -0.15) is 0 Å². The van der Waals surface area contributed by atoms with Gasteiger partial charge < -0.3 is 46.5 Å². The summed E-state index contributed by atoms with van der Waals surface area (Å²) in [5.74, 6) is -0.171. The molecule has 37 heavy (non-hydrogen) atoms. The number of nitrogens with two attached hydrogens (primary N) is 1. The van der Waals surface area contributed by atoms with Crippen molar-refractivity contribution in [2.45, 2.75) is 0 Å². The molecule has 2 aromatic heterocycles. The van der Waals surface area contributed by atoms with Crippen LogP contribution < -0.4 is 56.0 Å². The van der Waals surface area contributed by atoms with E-state index in [9.17, 15) is 4.79 Å². The van der Waals surface area contributed by atoms with Crippen LogP contribution in [0.1, 0.15) is 10.4 Å². The number of aryl methyl sites for hydroxylation is 1. The molecule has 0 saturated carbocycles. The van der Waals surface area contributed by atoms with Crippen molar-refractivity contribution in [1.82, 2.24) is 0 Å². The van der Waals surface area contributed by atoms with Gasteiger partial charge in [0.25, 0.3) is 5.91 Å². The highest BCUT2D eigenvalue weighted by molar-refractivity contribution is 6.04. The lowest BCUT2D eigenvalue weighted by Gasteiger charge is -2.11. The van der Waals surface area contributed by atoms with E-state index in [1.165, 1.54) is 0 Å². The number of carbonyl (C=O) groups excluding carboxylic acids is 1. The predicted molar refractivity (Wildman–Crippen MR) is 140 cm³/mol. The highest BCUT2D eigenvalue weighted by atomic mass is 35.5. The number of anilines is 6. The minimum absolute atomic E-state index is 0. The lowest BCUT2D eigenvalue weighted by atomic mass is 10.1. The lowest BCUT2D eigenvalue weighted by molar-refractivity contribution is -0.671. The van der Waals surface area contributed by atoms with Gasteiger partial charge >= 0.3 is 0 Å². The van der Waals surface area contributed by atoms with Crippen LogP contribution in [0, 0.1) is 0 Å². The van der Waals surface area contributed by atoms with Gasteiger partial charge in [-0.3, -0.25) is 4.79 Å². The van der Waals surface area contributed by atoms with Crippen LogP contribution in [-0.2, 0) is 7.05 Å². The second-order valence-corrected chi connectivity index (χ2v) is 8.31. The molecule has 0 aliphatic rings. The highest BCUT2D eigenvalue weighted by Crippen LogP contribution is 2.26. The number of hydrogen-bond acceptors (Lipinski definition) is 4. The molecule has 0 atom stereocenters. The molecule has 9 heteroatoms. The fraction of sp³-hybridized carbons (Fsp3) is 0.0357. The molecular formula is C28H26Cl2N6O. The first-order valence-electron chi connectivity index (χ1n) is 11.2. The predicted octanol–water partition coefficient (Wildman–Crippen LogP) is -1.19. The third-order valence-corrected chi connectivity index (χ3v) is 5.64. The van der Waals surface area contributed by atoms with E-state index in [1.54, 1.807) is 12.1 Å². The Bertz CT molecular complexity index is 1510. The third-order valence-electron chi connectivity index (χ3n) is 5.64. The van der Waals surface area contributed by atoms with Crippen molar-refractivity contribution in [2.24, 2.45) is 7.05 Å². The lowest BCUT2D eigenvalue weighted by Crippen LogP contribution is -3.00. The summed E-state index contributed by atoms with van der Waals surface area (Å²) in [5, 5.41) is 10.8. The Balaban J connectivity index is 0.00000190. The van der Waals surface area contributed by atoms with Crippen LogP contribution in [0.2, 0.25) is 0 Å². The molecule has 3 aromatic carbocycles. The van der Waals surface area contributed by atoms with Crippen LogP contribution in [0.15, 0.2) is 104 Å². The molecule has 0 aliphatic heterocycles. The Morgan fingerprint density at radius 2 is 1.49 bits per heavy atom. The van der Waals surface area contributed by atoms with Gasteiger partial charge in [0.15, 0.2) is 18.6 Å². The molecule has 5 aromatic rings. The molecule has 6 N–H and O–H groups in total. The number of carbonyl (C=O) groups is 1. The molecule has 2 heterocycles. The van der Waals surface area contributed by atoms with Gasteiger partial charge in [-0.05, 0) is 54.6 Å². The molecule has 0 aliphatic carbocycles. The van der Waals surface area contributed by atoms with Crippen LogP contribution in [0.5, 0.6) is 0 Å². The molecule has 0 saturated heterocycles. The van der Waals surface area contributed by atoms with Gasteiger partial charge in [0.1, 0.15) is 7.05 Å². The molecule has 7 nitrogen and oxygen atoms in total. The molecule has 1 amide bonds.